The summed E-state index contributed by atoms with van der Waals surface area (Å²) in [5, 5.41) is 3.66. The number of amidine groups is 1. The molecule has 1 saturated heterocycles. The van der Waals surface area contributed by atoms with Gasteiger partial charge in [-0.05, 0) is 31.5 Å². The molecule has 0 radical (unpaired) electrons. The molecule has 2 aromatic rings. The third-order valence-electron chi connectivity index (χ3n) is 5.53. The monoisotopic (exact) mass is 393 g/mol. The van der Waals surface area contributed by atoms with Crippen LogP contribution in [-0.4, -0.2) is 33.4 Å². The molecule has 5 rings (SSSR count). The number of amides is 2. The lowest BCUT2D eigenvalue weighted by Gasteiger charge is -2.49. The molecule has 0 saturated carbocycles. The number of aryl methyl sites for hydroxylation is 1. The highest BCUT2D eigenvalue weighted by Crippen LogP contribution is 2.52. The van der Waals surface area contributed by atoms with Gasteiger partial charge >= 0.3 is 0 Å². The summed E-state index contributed by atoms with van der Waals surface area (Å²) in [6.45, 7) is 3.77. The van der Waals surface area contributed by atoms with Crippen molar-refractivity contribution in [3.8, 4) is 5.75 Å². The fraction of sp³-hybridized carbons (Fsp3) is 0.286. The molecule has 7 heteroatoms. The highest BCUT2D eigenvalue weighted by molar-refractivity contribution is 8.15. The average Bonchev–Trinajstić information content (AvgIpc) is 3.02. The first-order chi connectivity index (χ1) is 13.5. The Kier molecular flexibility index (Phi) is 3.77. The lowest BCUT2D eigenvalue weighted by molar-refractivity contribution is -0.139. The van der Waals surface area contributed by atoms with Gasteiger partial charge in [-0.1, -0.05) is 48.2 Å². The summed E-state index contributed by atoms with van der Waals surface area (Å²) in [5.74, 6) is 0.112. The van der Waals surface area contributed by atoms with E-state index in [9.17, 15) is 9.59 Å². The van der Waals surface area contributed by atoms with Crippen LogP contribution in [0.25, 0.3) is 0 Å². The normalized spacial score (nSPS) is 27.4. The number of aliphatic imine (C=N–C) groups is 1. The number of benzene rings is 2. The van der Waals surface area contributed by atoms with Crippen molar-refractivity contribution in [1.29, 1.82) is 0 Å². The Morgan fingerprint density at radius 1 is 1.25 bits per heavy atom. The van der Waals surface area contributed by atoms with Crippen LogP contribution >= 0.6 is 11.8 Å². The fourth-order valence-corrected chi connectivity index (χ4v) is 5.18. The van der Waals surface area contributed by atoms with Crippen molar-refractivity contribution >= 4 is 34.4 Å². The molecule has 3 aliphatic heterocycles. The highest BCUT2D eigenvalue weighted by atomic mass is 32.2. The summed E-state index contributed by atoms with van der Waals surface area (Å²) in [7, 11) is 0. The number of hydrogen-bond donors (Lipinski definition) is 1. The van der Waals surface area contributed by atoms with Gasteiger partial charge in [0.25, 0.3) is 0 Å². The molecule has 3 atom stereocenters. The molecule has 2 amide bonds. The van der Waals surface area contributed by atoms with E-state index >= 15 is 0 Å². The lowest BCUT2D eigenvalue weighted by atomic mass is 9.79. The van der Waals surface area contributed by atoms with E-state index in [0.29, 0.717) is 16.7 Å². The number of fused-ring (bicyclic) bond motifs is 6. The van der Waals surface area contributed by atoms with Crippen molar-refractivity contribution in [1.82, 2.24) is 4.90 Å². The fourth-order valence-electron chi connectivity index (χ4n) is 4.19. The van der Waals surface area contributed by atoms with E-state index in [4.69, 9.17) is 9.73 Å². The Hall–Kier alpha value is -2.80. The predicted octanol–water partition coefficient (Wildman–Crippen LogP) is 3.34. The van der Waals surface area contributed by atoms with Crippen LogP contribution in [0.4, 0.5) is 5.69 Å². The van der Waals surface area contributed by atoms with Gasteiger partial charge in [0, 0.05) is 11.3 Å². The highest BCUT2D eigenvalue weighted by Gasteiger charge is 2.59. The Morgan fingerprint density at radius 3 is 2.82 bits per heavy atom. The number of anilines is 1. The van der Waals surface area contributed by atoms with Crippen LogP contribution in [0.5, 0.6) is 5.75 Å². The largest absolute Gasteiger partial charge is 0.465 e. The van der Waals surface area contributed by atoms with Gasteiger partial charge in [0.2, 0.25) is 17.5 Å². The number of carbonyl (C=O) groups is 2. The maximum Gasteiger partial charge on any atom is 0.239 e. The molecule has 2 aromatic carbocycles. The van der Waals surface area contributed by atoms with Crippen molar-refractivity contribution < 1.29 is 14.3 Å². The third kappa shape index (κ3) is 2.46. The SMILES string of the molecule is Cc1ccccc1NC(=O)[C@@H]1[C@@H]2c3ccccc3O[C@@]1(C)N=C1SCC(=O)N12. The molecule has 1 N–H and O–H groups in total. The number of nitrogens with one attached hydrogen (secondary N) is 1. The first-order valence-corrected chi connectivity index (χ1v) is 10.2. The van der Waals surface area contributed by atoms with Crippen molar-refractivity contribution in [2.75, 3.05) is 11.1 Å². The van der Waals surface area contributed by atoms with Crippen LogP contribution in [0, 0.1) is 12.8 Å². The number of carbonyl (C=O) groups excluding carboxylic acids is 2. The molecule has 3 aliphatic rings. The van der Waals surface area contributed by atoms with Gasteiger partial charge in [-0.25, -0.2) is 4.99 Å². The zero-order valence-electron chi connectivity index (χ0n) is 15.5. The van der Waals surface area contributed by atoms with E-state index in [0.717, 1.165) is 16.8 Å². The molecule has 28 heavy (non-hydrogen) atoms. The number of rotatable bonds is 2. The van der Waals surface area contributed by atoms with Gasteiger partial charge < -0.3 is 10.1 Å². The zero-order valence-corrected chi connectivity index (χ0v) is 16.3. The van der Waals surface area contributed by atoms with Crippen LogP contribution in [0.15, 0.2) is 53.5 Å². The van der Waals surface area contributed by atoms with E-state index < -0.39 is 17.7 Å². The van der Waals surface area contributed by atoms with Gasteiger partial charge in [0.05, 0.1) is 11.8 Å². The second kappa shape index (κ2) is 6.10. The second-order valence-electron chi connectivity index (χ2n) is 7.37. The van der Waals surface area contributed by atoms with Crippen LogP contribution in [0.3, 0.4) is 0 Å². The number of thioether (sulfide) groups is 1. The van der Waals surface area contributed by atoms with E-state index in [-0.39, 0.29) is 11.8 Å². The van der Waals surface area contributed by atoms with Crippen molar-refractivity contribution in [2.24, 2.45) is 10.9 Å². The summed E-state index contributed by atoms with van der Waals surface area (Å²) in [4.78, 5) is 32.5. The van der Waals surface area contributed by atoms with Crippen LogP contribution in [0.2, 0.25) is 0 Å². The topological polar surface area (TPSA) is 71.0 Å². The number of nitrogens with zero attached hydrogens (tertiary/aromatic N) is 2. The van der Waals surface area contributed by atoms with E-state index in [1.165, 1.54) is 11.8 Å². The van der Waals surface area contributed by atoms with Crippen molar-refractivity contribution in [2.45, 2.75) is 25.6 Å². The van der Waals surface area contributed by atoms with Gasteiger partial charge in [0.1, 0.15) is 11.7 Å². The predicted molar refractivity (Wildman–Crippen MR) is 108 cm³/mol. The minimum atomic E-state index is -1.07. The minimum absolute atomic E-state index is 0.0267. The Balaban J connectivity index is 1.62. The number of ether oxygens (including phenoxy) is 1. The second-order valence-corrected chi connectivity index (χ2v) is 8.31. The van der Waals surface area contributed by atoms with Crippen molar-refractivity contribution in [3.05, 3.63) is 59.7 Å². The van der Waals surface area contributed by atoms with Gasteiger partial charge in [0.15, 0.2) is 5.17 Å². The maximum atomic E-state index is 13.4. The van der Waals surface area contributed by atoms with Crippen LogP contribution < -0.4 is 10.1 Å². The molecular formula is C21H19N3O3S. The molecule has 142 valence electrons. The summed E-state index contributed by atoms with van der Waals surface area (Å²) in [6, 6.07) is 14.8. The van der Waals surface area contributed by atoms with E-state index in [2.05, 4.69) is 5.32 Å². The van der Waals surface area contributed by atoms with Crippen molar-refractivity contribution in [3.63, 3.8) is 0 Å². The number of para-hydroxylation sites is 2. The Bertz CT molecular complexity index is 1040. The van der Waals surface area contributed by atoms with E-state index in [1.807, 2.05) is 62.4 Å². The molecular weight excluding hydrogens is 374 g/mol. The molecule has 0 aromatic heterocycles. The molecule has 0 spiro atoms. The molecule has 0 aliphatic carbocycles. The lowest BCUT2D eigenvalue weighted by Crippen LogP contribution is -2.59. The molecule has 2 bridgehead atoms. The smallest absolute Gasteiger partial charge is 0.239 e. The van der Waals surface area contributed by atoms with Crippen LogP contribution in [0.1, 0.15) is 24.1 Å². The van der Waals surface area contributed by atoms with Gasteiger partial charge in [-0.3, -0.25) is 14.5 Å². The summed E-state index contributed by atoms with van der Waals surface area (Å²) in [6.07, 6.45) is 0. The van der Waals surface area contributed by atoms with Gasteiger partial charge in [-0.15, -0.1) is 0 Å². The van der Waals surface area contributed by atoms with Crippen LogP contribution in [-0.2, 0) is 9.59 Å². The Labute approximate surface area is 167 Å². The first kappa shape index (κ1) is 17.3. The standard InChI is InChI=1S/C21H19N3O3S/c1-12-7-3-5-9-14(12)22-19(26)17-18-13-8-4-6-10-15(13)27-21(17,2)23-20-24(18)16(25)11-28-20/h3-10,17-18H,11H2,1-2H3,(H,22,26)/t17-,18-,21+/m0/s1. The first-order valence-electron chi connectivity index (χ1n) is 9.17. The summed E-state index contributed by atoms with van der Waals surface area (Å²) >= 11 is 1.40. The Morgan fingerprint density at radius 2 is 2.00 bits per heavy atom. The molecule has 1 fully saturated rings. The zero-order chi connectivity index (χ0) is 19.5. The van der Waals surface area contributed by atoms with E-state index in [1.54, 1.807) is 4.90 Å². The molecule has 6 nitrogen and oxygen atoms in total. The average molecular weight is 393 g/mol. The number of hydrogen-bond acceptors (Lipinski definition) is 5. The molecule has 3 heterocycles. The molecule has 0 unspecified atom stereocenters. The summed E-state index contributed by atoms with van der Waals surface area (Å²) in [5.41, 5.74) is 1.49. The summed E-state index contributed by atoms with van der Waals surface area (Å²) < 4.78 is 6.24. The quantitative estimate of drug-likeness (QED) is 0.850. The van der Waals surface area contributed by atoms with Gasteiger partial charge in [-0.2, -0.15) is 0 Å². The maximum absolute atomic E-state index is 13.4. The minimum Gasteiger partial charge on any atom is -0.465 e. The third-order valence-corrected chi connectivity index (χ3v) is 6.47.